The van der Waals surface area contributed by atoms with Gasteiger partial charge in [-0.1, -0.05) is 60.2 Å². The largest absolute Gasteiger partial charge is 0.356 e. The fourth-order valence-electron chi connectivity index (χ4n) is 4.06. The number of aromatic nitrogens is 2. The van der Waals surface area contributed by atoms with Gasteiger partial charge in [0.05, 0.1) is 11.6 Å². The van der Waals surface area contributed by atoms with Gasteiger partial charge in [0, 0.05) is 25.2 Å². The lowest BCUT2D eigenvalue weighted by Crippen LogP contribution is -2.43. The smallest absolute Gasteiger partial charge is 0.224 e. The third-order valence-electron chi connectivity index (χ3n) is 5.90. The molecule has 0 radical (unpaired) electrons. The van der Waals surface area contributed by atoms with Gasteiger partial charge in [-0.2, -0.15) is 0 Å². The summed E-state index contributed by atoms with van der Waals surface area (Å²) in [7, 11) is 0. The van der Waals surface area contributed by atoms with Gasteiger partial charge in [-0.05, 0) is 50.3 Å². The molecule has 160 valence electrons. The van der Waals surface area contributed by atoms with Gasteiger partial charge in [0.15, 0.2) is 5.82 Å². The molecule has 1 amide bonds. The van der Waals surface area contributed by atoms with Crippen LogP contribution in [0.15, 0.2) is 66.7 Å². The number of hydrogen-bond acceptors (Lipinski definition) is 4. The number of aryl methyl sites for hydroxylation is 2. The van der Waals surface area contributed by atoms with Crippen LogP contribution < -0.4 is 10.2 Å². The monoisotopic (exact) mass is 414 g/mol. The number of nitrogens with one attached hydrogen (secondary N) is 1. The Morgan fingerprint density at radius 3 is 2.58 bits per heavy atom. The van der Waals surface area contributed by atoms with Crippen LogP contribution in [-0.4, -0.2) is 35.7 Å². The summed E-state index contributed by atoms with van der Waals surface area (Å²) in [6.45, 7) is 4.40. The highest BCUT2D eigenvalue weighted by Gasteiger charge is 2.26. The summed E-state index contributed by atoms with van der Waals surface area (Å²) >= 11 is 0. The molecule has 1 unspecified atom stereocenters. The van der Waals surface area contributed by atoms with E-state index in [1.165, 1.54) is 11.1 Å². The molecule has 1 aliphatic rings. The molecule has 0 bridgehead atoms. The van der Waals surface area contributed by atoms with Gasteiger partial charge in [0.2, 0.25) is 5.91 Å². The lowest BCUT2D eigenvalue weighted by molar-refractivity contribution is -0.125. The molecular formula is C26H30N4O. The van der Waals surface area contributed by atoms with E-state index in [0.717, 1.165) is 55.8 Å². The Kier molecular flexibility index (Phi) is 6.92. The van der Waals surface area contributed by atoms with Crippen LogP contribution in [0.25, 0.3) is 11.3 Å². The van der Waals surface area contributed by atoms with Gasteiger partial charge in [0.25, 0.3) is 0 Å². The number of carbonyl (C=O) groups is 1. The molecule has 0 spiro atoms. The van der Waals surface area contributed by atoms with Crippen molar-refractivity contribution in [3.8, 4) is 11.3 Å². The van der Waals surface area contributed by atoms with E-state index in [1.54, 1.807) is 0 Å². The Hall–Kier alpha value is -3.21. The number of hydrogen-bond donors (Lipinski definition) is 1. The highest BCUT2D eigenvalue weighted by molar-refractivity contribution is 5.79. The zero-order valence-corrected chi connectivity index (χ0v) is 18.1. The van der Waals surface area contributed by atoms with Crippen molar-refractivity contribution in [1.82, 2.24) is 15.5 Å². The molecule has 1 saturated heterocycles. The Balaban J connectivity index is 1.28. The Labute approximate surface area is 184 Å². The Bertz CT molecular complexity index is 971. The molecule has 2 heterocycles. The molecule has 2 aromatic carbocycles. The van der Waals surface area contributed by atoms with Crippen LogP contribution in [0.1, 0.15) is 30.4 Å². The minimum atomic E-state index is 0.00375. The van der Waals surface area contributed by atoms with Crippen molar-refractivity contribution in [3.63, 3.8) is 0 Å². The number of nitrogens with zero attached hydrogens (tertiary/aromatic N) is 3. The van der Waals surface area contributed by atoms with E-state index < -0.39 is 0 Å². The zero-order chi connectivity index (χ0) is 21.5. The third kappa shape index (κ3) is 5.69. The number of rotatable bonds is 7. The van der Waals surface area contributed by atoms with Crippen molar-refractivity contribution in [2.24, 2.45) is 5.92 Å². The van der Waals surface area contributed by atoms with E-state index in [1.807, 2.05) is 18.2 Å². The molecule has 5 nitrogen and oxygen atoms in total. The van der Waals surface area contributed by atoms with Crippen molar-refractivity contribution in [1.29, 1.82) is 0 Å². The molecular weight excluding hydrogens is 384 g/mol. The summed E-state index contributed by atoms with van der Waals surface area (Å²) in [5.74, 6) is 1.00. The van der Waals surface area contributed by atoms with E-state index in [2.05, 4.69) is 75.9 Å². The highest BCUT2D eigenvalue weighted by Crippen LogP contribution is 2.23. The van der Waals surface area contributed by atoms with Crippen LogP contribution in [0.4, 0.5) is 5.82 Å². The minimum Gasteiger partial charge on any atom is -0.356 e. The van der Waals surface area contributed by atoms with Crippen LogP contribution >= 0.6 is 0 Å². The van der Waals surface area contributed by atoms with E-state index in [-0.39, 0.29) is 11.8 Å². The number of anilines is 1. The summed E-state index contributed by atoms with van der Waals surface area (Å²) < 4.78 is 0. The first kappa shape index (κ1) is 21.0. The van der Waals surface area contributed by atoms with Gasteiger partial charge in [-0.15, -0.1) is 10.2 Å². The number of carbonyl (C=O) groups excluding carboxylic acids is 1. The number of piperidine rings is 1. The van der Waals surface area contributed by atoms with Gasteiger partial charge >= 0.3 is 0 Å². The summed E-state index contributed by atoms with van der Waals surface area (Å²) in [5.41, 5.74) is 4.48. The lowest BCUT2D eigenvalue weighted by atomic mass is 9.97. The molecule has 31 heavy (non-hydrogen) atoms. The van der Waals surface area contributed by atoms with Gasteiger partial charge in [-0.3, -0.25) is 4.79 Å². The first-order chi connectivity index (χ1) is 15.2. The predicted octanol–water partition coefficient (Wildman–Crippen LogP) is 4.42. The summed E-state index contributed by atoms with van der Waals surface area (Å²) in [6.07, 6.45) is 3.86. The molecule has 1 fully saturated rings. The predicted molar refractivity (Wildman–Crippen MR) is 125 cm³/mol. The van der Waals surface area contributed by atoms with Crippen LogP contribution in [0, 0.1) is 12.8 Å². The molecule has 5 heteroatoms. The first-order valence-electron chi connectivity index (χ1n) is 11.2. The number of benzene rings is 2. The van der Waals surface area contributed by atoms with Gasteiger partial charge in [0.1, 0.15) is 0 Å². The van der Waals surface area contributed by atoms with Crippen LogP contribution in [-0.2, 0) is 11.2 Å². The molecule has 1 atom stereocenters. The standard InChI is InChI=1S/C26H30N4O/c1-20-11-13-22(14-12-20)24-15-16-25(29-28-24)30-18-6-10-23(19-30)26(31)27-17-5-9-21-7-3-2-4-8-21/h2-4,7-8,11-16,23H,5-6,9-10,17-19H2,1H3,(H,27,31). The summed E-state index contributed by atoms with van der Waals surface area (Å²) in [6, 6.07) is 22.7. The molecule has 1 aromatic heterocycles. The molecule has 0 aliphatic carbocycles. The van der Waals surface area contributed by atoms with Gasteiger partial charge in [-0.25, -0.2) is 0 Å². The maximum absolute atomic E-state index is 12.7. The highest BCUT2D eigenvalue weighted by atomic mass is 16.1. The topological polar surface area (TPSA) is 58.1 Å². The van der Waals surface area contributed by atoms with E-state index in [9.17, 15) is 4.79 Å². The van der Waals surface area contributed by atoms with E-state index in [4.69, 9.17) is 0 Å². The normalized spacial score (nSPS) is 16.2. The second-order valence-electron chi connectivity index (χ2n) is 8.31. The van der Waals surface area contributed by atoms with Crippen molar-refractivity contribution in [3.05, 3.63) is 77.9 Å². The van der Waals surface area contributed by atoms with Crippen LogP contribution in [0.3, 0.4) is 0 Å². The lowest BCUT2D eigenvalue weighted by Gasteiger charge is -2.32. The molecule has 1 N–H and O–H groups in total. The molecule has 1 aliphatic heterocycles. The van der Waals surface area contributed by atoms with Crippen LogP contribution in [0.2, 0.25) is 0 Å². The second kappa shape index (κ2) is 10.2. The molecule has 0 saturated carbocycles. The summed E-state index contributed by atoms with van der Waals surface area (Å²) in [4.78, 5) is 14.9. The summed E-state index contributed by atoms with van der Waals surface area (Å²) in [5, 5.41) is 12.0. The zero-order valence-electron chi connectivity index (χ0n) is 18.1. The average molecular weight is 415 g/mol. The Morgan fingerprint density at radius 2 is 1.84 bits per heavy atom. The van der Waals surface area contributed by atoms with Crippen molar-refractivity contribution >= 4 is 11.7 Å². The van der Waals surface area contributed by atoms with E-state index >= 15 is 0 Å². The van der Waals surface area contributed by atoms with Crippen molar-refractivity contribution in [2.75, 3.05) is 24.5 Å². The minimum absolute atomic E-state index is 0.00375. The maximum atomic E-state index is 12.7. The molecule has 3 aromatic rings. The fourth-order valence-corrected chi connectivity index (χ4v) is 4.06. The second-order valence-corrected chi connectivity index (χ2v) is 8.31. The average Bonchev–Trinajstić information content (AvgIpc) is 2.83. The van der Waals surface area contributed by atoms with Gasteiger partial charge < -0.3 is 10.2 Å². The number of amides is 1. The quantitative estimate of drug-likeness (QED) is 0.582. The maximum Gasteiger partial charge on any atom is 0.224 e. The SMILES string of the molecule is Cc1ccc(-c2ccc(N3CCCC(C(=O)NCCCc4ccccc4)C3)nn2)cc1. The third-order valence-corrected chi connectivity index (χ3v) is 5.90. The van der Waals surface area contributed by atoms with Crippen molar-refractivity contribution in [2.45, 2.75) is 32.6 Å². The van der Waals surface area contributed by atoms with E-state index in [0.29, 0.717) is 6.54 Å². The fraction of sp³-hybridized carbons (Fsp3) is 0.346. The first-order valence-corrected chi connectivity index (χ1v) is 11.2. The van der Waals surface area contributed by atoms with Crippen molar-refractivity contribution < 1.29 is 4.79 Å². The molecule has 4 rings (SSSR count). The Morgan fingerprint density at radius 1 is 1.03 bits per heavy atom. The van der Waals surface area contributed by atoms with Crippen LogP contribution in [0.5, 0.6) is 0 Å².